The predicted octanol–water partition coefficient (Wildman–Crippen LogP) is 10.00. The molecule has 0 aromatic carbocycles. The van der Waals surface area contributed by atoms with Crippen molar-refractivity contribution in [3.8, 4) is 0 Å². The Morgan fingerprint density at radius 1 is 0.520 bits per heavy atom. The maximum Gasteiger partial charge on any atom is 0.137 e. The van der Waals surface area contributed by atoms with E-state index in [9.17, 15) is 4.79 Å². The average molecular weight is 721 g/mol. The van der Waals surface area contributed by atoms with Crippen molar-refractivity contribution >= 4 is 5.78 Å². The molecule has 0 saturated carbocycles. The number of hydrogen-bond donors (Lipinski definition) is 4. The lowest BCUT2D eigenvalue weighted by Gasteiger charge is -2.20. The number of hydrogen-bond acceptors (Lipinski definition) is 8. The first-order valence-corrected chi connectivity index (χ1v) is 19.8. The van der Waals surface area contributed by atoms with E-state index in [1.807, 2.05) is 27.7 Å². The number of hydroxylamine groups is 1. The van der Waals surface area contributed by atoms with Crippen LogP contribution in [0.2, 0.25) is 0 Å². The number of rotatable bonds is 19. The van der Waals surface area contributed by atoms with Crippen LogP contribution in [0.25, 0.3) is 0 Å². The Balaban J connectivity index is -0.000000176. The van der Waals surface area contributed by atoms with Crippen molar-refractivity contribution in [3.05, 3.63) is 0 Å². The molecule has 8 nitrogen and oxygen atoms in total. The summed E-state index contributed by atoms with van der Waals surface area (Å²) >= 11 is 0. The van der Waals surface area contributed by atoms with Crippen LogP contribution in [0.5, 0.6) is 0 Å². The van der Waals surface area contributed by atoms with Gasteiger partial charge in [0.15, 0.2) is 0 Å². The Labute approximate surface area is 315 Å². The van der Waals surface area contributed by atoms with E-state index in [1.165, 1.54) is 32.1 Å². The van der Waals surface area contributed by atoms with Gasteiger partial charge in [0.25, 0.3) is 0 Å². The molecule has 8 heteroatoms. The molecule has 0 aliphatic carbocycles. The van der Waals surface area contributed by atoms with E-state index >= 15 is 0 Å². The number of ether oxygens (including phenoxy) is 2. The number of methoxy groups -OCH3 is 2. The maximum absolute atomic E-state index is 10.8. The first-order chi connectivity index (χ1) is 22.7. The largest absolute Gasteiger partial charge is 0.383 e. The molecule has 0 radical (unpaired) electrons. The van der Waals surface area contributed by atoms with E-state index in [4.69, 9.17) is 14.3 Å². The SMILES string of the molecule is CCC(=O)C(C)(C)C.CCCC(C)(C)C.CCCC(C)(C)C.COCCNCCCNC(C)(C)C.COCCNOCCCCNC(C)(C)C. The normalized spacial score (nSPS) is 11.9. The van der Waals surface area contributed by atoms with Crippen LogP contribution in [-0.2, 0) is 19.1 Å². The smallest absolute Gasteiger partial charge is 0.137 e. The number of nitrogens with one attached hydrogen (secondary N) is 4. The van der Waals surface area contributed by atoms with Crippen LogP contribution in [0, 0.1) is 16.2 Å². The van der Waals surface area contributed by atoms with Crippen LogP contribution in [0.15, 0.2) is 0 Å². The third-order valence-electron chi connectivity index (χ3n) is 6.67. The van der Waals surface area contributed by atoms with Gasteiger partial charge in [-0.3, -0.25) is 4.79 Å². The van der Waals surface area contributed by atoms with Crippen molar-refractivity contribution in [1.29, 1.82) is 0 Å². The second-order valence-corrected chi connectivity index (χ2v) is 18.5. The molecule has 0 bridgehead atoms. The Kier molecular flexibility index (Phi) is 41.6. The lowest BCUT2D eigenvalue weighted by Crippen LogP contribution is -2.37. The summed E-state index contributed by atoms with van der Waals surface area (Å²) in [6, 6.07) is 0. The second-order valence-electron chi connectivity index (χ2n) is 18.5. The molecule has 0 aromatic heterocycles. The molecular weight excluding hydrogens is 624 g/mol. The van der Waals surface area contributed by atoms with Crippen molar-refractivity contribution in [3.63, 3.8) is 0 Å². The third-order valence-corrected chi connectivity index (χ3v) is 6.67. The van der Waals surface area contributed by atoms with Crippen molar-refractivity contribution in [2.45, 2.75) is 187 Å². The number of carbonyl (C=O) groups is 1. The molecule has 0 aliphatic rings. The Hall–Kier alpha value is -0.610. The van der Waals surface area contributed by atoms with E-state index in [2.05, 4.69) is 118 Å². The first-order valence-electron chi connectivity index (χ1n) is 19.8. The number of Topliss-reactive ketones (excluding diaryl/α,β-unsaturated/α-hetero) is 1. The lowest BCUT2D eigenvalue weighted by atomic mass is 9.90. The fourth-order valence-electron chi connectivity index (χ4n) is 4.06. The molecule has 0 aliphatic heterocycles. The maximum atomic E-state index is 10.8. The molecule has 4 N–H and O–H groups in total. The summed E-state index contributed by atoms with van der Waals surface area (Å²) < 4.78 is 9.80. The van der Waals surface area contributed by atoms with E-state index < -0.39 is 0 Å². The second kappa shape index (κ2) is 35.4. The van der Waals surface area contributed by atoms with E-state index in [0.29, 0.717) is 29.6 Å². The van der Waals surface area contributed by atoms with E-state index in [1.54, 1.807) is 14.2 Å². The molecule has 308 valence electrons. The van der Waals surface area contributed by atoms with Gasteiger partial charge in [-0.25, -0.2) is 5.48 Å². The van der Waals surface area contributed by atoms with Gasteiger partial charge < -0.3 is 30.3 Å². The van der Waals surface area contributed by atoms with Gasteiger partial charge in [0, 0.05) is 50.2 Å². The molecule has 0 heterocycles. The van der Waals surface area contributed by atoms with Crippen LogP contribution in [0.3, 0.4) is 0 Å². The Morgan fingerprint density at radius 2 is 0.940 bits per heavy atom. The highest BCUT2D eigenvalue weighted by Gasteiger charge is 2.18. The zero-order valence-electron chi connectivity index (χ0n) is 37.9. The quantitative estimate of drug-likeness (QED) is 0.0774. The van der Waals surface area contributed by atoms with Crippen molar-refractivity contribution in [2.24, 2.45) is 16.2 Å². The molecule has 0 spiro atoms. The monoisotopic (exact) mass is 721 g/mol. The summed E-state index contributed by atoms with van der Waals surface area (Å²) in [6.07, 6.45) is 9.34. The van der Waals surface area contributed by atoms with Gasteiger partial charge in [-0.05, 0) is 104 Å². The molecule has 0 saturated heterocycles. The average Bonchev–Trinajstić information content (AvgIpc) is 2.94. The highest BCUT2D eigenvalue weighted by Crippen LogP contribution is 2.20. The van der Waals surface area contributed by atoms with E-state index in [0.717, 1.165) is 58.8 Å². The topological polar surface area (TPSA) is 92.9 Å². The first kappa shape index (κ1) is 58.7. The highest BCUT2D eigenvalue weighted by atomic mass is 16.6. The molecule has 0 fully saturated rings. The van der Waals surface area contributed by atoms with Crippen LogP contribution >= 0.6 is 0 Å². The molecule has 0 aromatic rings. The summed E-state index contributed by atoms with van der Waals surface area (Å²) in [5, 5.41) is 10.2. The Bertz CT molecular complexity index is 666. The summed E-state index contributed by atoms with van der Waals surface area (Å²) in [4.78, 5) is 16.0. The molecule has 0 atom stereocenters. The van der Waals surface area contributed by atoms with Crippen LogP contribution in [0.4, 0.5) is 0 Å². The van der Waals surface area contributed by atoms with Crippen LogP contribution in [-0.4, -0.2) is 83.6 Å². The lowest BCUT2D eigenvalue weighted by molar-refractivity contribution is -0.125. The number of ketones is 1. The minimum atomic E-state index is -0.130. The summed E-state index contributed by atoms with van der Waals surface area (Å²) in [6.45, 7) is 46.0. The molecular formula is C42H96N4O4. The van der Waals surface area contributed by atoms with Gasteiger partial charge in [-0.15, -0.1) is 0 Å². The Morgan fingerprint density at radius 3 is 1.24 bits per heavy atom. The molecule has 50 heavy (non-hydrogen) atoms. The zero-order valence-corrected chi connectivity index (χ0v) is 37.9. The minimum Gasteiger partial charge on any atom is -0.383 e. The van der Waals surface area contributed by atoms with Crippen LogP contribution < -0.4 is 21.4 Å². The van der Waals surface area contributed by atoms with E-state index in [-0.39, 0.29) is 16.5 Å². The highest BCUT2D eigenvalue weighted by molar-refractivity contribution is 5.83. The molecule has 0 unspecified atom stereocenters. The standard InChI is InChI=1S/C11H26N2O2.C10H24N2O.C7H14O.2C7H16/c1-11(2,3)12-7-5-6-9-15-13-8-10-14-4;1-10(2,3)12-7-5-6-11-8-9-13-4;1-5-6(8)7(2,3)4;2*1-5-6-7(2,3)4/h12-13H,5-10H2,1-4H3;11-12H,5-9H2,1-4H3;5H2,1-4H3;2*5-6H2,1-4H3. The van der Waals surface area contributed by atoms with Gasteiger partial charge >= 0.3 is 0 Å². The van der Waals surface area contributed by atoms with Crippen molar-refractivity contribution in [2.75, 3.05) is 66.8 Å². The van der Waals surface area contributed by atoms with Gasteiger partial charge in [0.2, 0.25) is 0 Å². The van der Waals surface area contributed by atoms with Crippen molar-refractivity contribution in [1.82, 2.24) is 21.4 Å². The predicted molar refractivity (Wildman–Crippen MR) is 223 cm³/mol. The van der Waals surface area contributed by atoms with Crippen LogP contribution in [0.1, 0.15) is 176 Å². The number of unbranched alkanes of at least 4 members (excludes halogenated alkanes) is 1. The fraction of sp³-hybridized carbons (Fsp3) is 0.976. The summed E-state index contributed by atoms with van der Waals surface area (Å²) in [7, 11) is 3.41. The molecule has 0 amide bonds. The fourth-order valence-corrected chi connectivity index (χ4v) is 4.06. The van der Waals surface area contributed by atoms with Gasteiger partial charge in [-0.1, -0.05) is 95.9 Å². The summed E-state index contributed by atoms with van der Waals surface area (Å²) in [5.41, 5.74) is 4.28. The minimum absolute atomic E-state index is 0.130. The zero-order chi connectivity index (χ0) is 40.3. The van der Waals surface area contributed by atoms with Gasteiger partial charge in [-0.2, -0.15) is 0 Å². The third kappa shape index (κ3) is 72.9. The van der Waals surface area contributed by atoms with Gasteiger partial charge in [0.05, 0.1) is 19.8 Å². The number of carbonyl (C=O) groups excluding carboxylic acids is 1. The van der Waals surface area contributed by atoms with Crippen molar-refractivity contribution < 1.29 is 19.1 Å². The summed E-state index contributed by atoms with van der Waals surface area (Å²) in [5.74, 6) is 0.331. The molecule has 0 rings (SSSR count). The van der Waals surface area contributed by atoms with Gasteiger partial charge in [0.1, 0.15) is 5.78 Å².